The minimum atomic E-state index is -4.76. The molecular weight excluding hydrogens is 389 g/mol. The Kier molecular flexibility index (Phi) is 33.0. The number of hydrogen-bond donors (Lipinski definition) is 0. The van der Waals surface area contributed by atoms with E-state index in [1.54, 1.807) is 0 Å². The van der Waals surface area contributed by atoms with Crippen LogP contribution in [0.2, 0.25) is 0 Å². The van der Waals surface area contributed by atoms with Crippen molar-refractivity contribution in [2.45, 2.75) is 96.8 Å². The summed E-state index contributed by atoms with van der Waals surface area (Å²) in [6.45, 7) is 2.28. The Morgan fingerprint density at radius 2 is 1.12 bits per heavy atom. The van der Waals surface area contributed by atoms with Crippen LogP contribution in [0.15, 0.2) is 12.2 Å². The summed E-state index contributed by atoms with van der Waals surface area (Å²) in [5, 5.41) is 0. The second kappa shape index (κ2) is 25.2. The molecule has 7 heteroatoms. The van der Waals surface area contributed by atoms with Gasteiger partial charge in [-0.15, -0.1) is 0 Å². The van der Waals surface area contributed by atoms with Crippen LogP contribution in [-0.2, 0) is 9.09 Å². The van der Waals surface area contributed by atoms with E-state index in [0.717, 1.165) is 25.7 Å². The fraction of sp³-hybridized carbons (Fsp3) is 0.889. The van der Waals surface area contributed by atoms with Crippen molar-refractivity contribution in [3.8, 4) is 0 Å². The average Bonchev–Trinajstić information content (AvgIpc) is 2.49. The van der Waals surface area contributed by atoms with Gasteiger partial charge in [0.15, 0.2) is 0 Å². The molecule has 0 amide bonds. The van der Waals surface area contributed by atoms with Crippen molar-refractivity contribution >= 4 is 7.82 Å². The van der Waals surface area contributed by atoms with E-state index in [4.69, 9.17) is 0 Å². The minimum absolute atomic E-state index is 0. The first-order valence-corrected chi connectivity index (χ1v) is 10.8. The maximum absolute atomic E-state index is 10.2. The summed E-state index contributed by atoms with van der Waals surface area (Å²) in [6, 6.07) is 0. The molecule has 0 aliphatic rings. The molecule has 0 spiro atoms. The monoisotopic (exact) mass is 424 g/mol. The van der Waals surface area contributed by atoms with Crippen LogP contribution in [0.5, 0.6) is 0 Å². The molecule has 0 aromatic heterocycles. The normalized spacial score (nSPS) is 11.3. The van der Waals surface area contributed by atoms with Gasteiger partial charge in [-0.1, -0.05) is 76.9 Å². The summed E-state index contributed by atoms with van der Waals surface area (Å²) in [6.07, 6.45) is 21.4. The molecular formula is C18H35K2O4P. The summed E-state index contributed by atoms with van der Waals surface area (Å²) < 4.78 is 14.4. The molecule has 0 heterocycles. The van der Waals surface area contributed by atoms with E-state index in [9.17, 15) is 14.4 Å². The molecule has 0 aliphatic carbocycles. The SMILES string of the molecule is CCCCCCCCC=CCCCCCCCCOP(=O)([O-])[O-].[K+].[K+]. The van der Waals surface area contributed by atoms with Crippen LogP contribution in [0.1, 0.15) is 96.8 Å². The number of phosphoric ester groups is 1. The van der Waals surface area contributed by atoms with Gasteiger partial charge in [-0.05, 0) is 32.1 Å². The van der Waals surface area contributed by atoms with Crippen molar-refractivity contribution in [2.75, 3.05) is 6.61 Å². The molecule has 0 unspecified atom stereocenters. The Balaban J connectivity index is -0.00000242. The van der Waals surface area contributed by atoms with E-state index in [0.29, 0.717) is 6.42 Å². The van der Waals surface area contributed by atoms with Gasteiger partial charge in [0.25, 0.3) is 0 Å². The van der Waals surface area contributed by atoms with Crippen molar-refractivity contribution in [1.29, 1.82) is 0 Å². The minimum Gasteiger partial charge on any atom is -0.790 e. The second-order valence-electron chi connectivity index (χ2n) is 6.22. The van der Waals surface area contributed by atoms with Crippen molar-refractivity contribution in [3.05, 3.63) is 12.2 Å². The van der Waals surface area contributed by atoms with Gasteiger partial charge in [0.1, 0.15) is 0 Å². The van der Waals surface area contributed by atoms with Crippen molar-refractivity contribution < 1.29 is 122 Å². The topological polar surface area (TPSA) is 72.4 Å². The Bertz CT molecular complexity index is 322. The van der Waals surface area contributed by atoms with E-state index in [1.807, 2.05) is 0 Å². The predicted octanol–water partition coefficient (Wildman–Crippen LogP) is -1.12. The van der Waals surface area contributed by atoms with Gasteiger partial charge in [0, 0.05) is 0 Å². The van der Waals surface area contributed by atoms with Crippen molar-refractivity contribution in [2.24, 2.45) is 0 Å². The first kappa shape index (κ1) is 32.8. The van der Waals surface area contributed by atoms with Gasteiger partial charge in [-0.3, -0.25) is 0 Å². The number of phosphoric acid groups is 1. The zero-order valence-corrected chi connectivity index (χ0v) is 24.0. The third-order valence-corrected chi connectivity index (χ3v) is 4.40. The summed E-state index contributed by atoms with van der Waals surface area (Å²) >= 11 is 0. The van der Waals surface area contributed by atoms with Crippen LogP contribution >= 0.6 is 7.82 Å². The molecule has 0 saturated heterocycles. The summed E-state index contributed by atoms with van der Waals surface area (Å²) in [4.78, 5) is 20.5. The van der Waals surface area contributed by atoms with E-state index in [2.05, 4.69) is 23.6 Å². The molecule has 138 valence electrons. The van der Waals surface area contributed by atoms with Crippen LogP contribution in [-0.4, -0.2) is 6.61 Å². The zero-order chi connectivity index (χ0) is 17.2. The van der Waals surface area contributed by atoms with Crippen LogP contribution in [0.4, 0.5) is 0 Å². The van der Waals surface area contributed by atoms with Gasteiger partial charge in [-0.25, -0.2) is 0 Å². The third-order valence-electron chi connectivity index (χ3n) is 3.91. The Morgan fingerprint density at radius 3 is 1.56 bits per heavy atom. The number of hydrogen-bond acceptors (Lipinski definition) is 4. The van der Waals surface area contributed by atoms with Gasteiger partial charge < -0.3 is 18.9 Å². The van der Waals surface area contributed by atoms with Gasteiger partial charge in [-0.2, -0.15) is 0 Å². The number of allylic oxidation sites excluding steroid dienone is 2. The molecule has 4 nitrogen and oxygen atoms in total. The van der Waals surface area contributed by atoms with Crippen LogP contribution in [0.25, 0.3) is 0 Å². The van der Waals surface area contributed by atoms with E-state index >= 15 is 0 Å². The fourth-order valence-electron chi connectivity index (χ4n) is 2.53. The molecule has 0 bridgehead atoms. The van der Waals surface area contributed by atoms with Crippen LogP contribution in [0.3, 0.4) is 0 Å². The molecule has 0 radical (unpaired) electrons. The van der Waals surface area contributed by atoms with Crippen molar-refractivity contribution in [1.82, 2.24) is 0 Å². The smallest absolute Gasteiger partial charge is 0.790 e. The molecule has 0 aromatic carbocycles. The summed E-state index contributed by atoms with van der Waals surface area (Å²) in [5.74, 6) is 0. The summed E-state index contributed by atoms with van der Waals surface area (Å²) in [7, 11) is -4.76. The molecule has 0 aliphatic heterocycles. The second-order valence-corrected chi connectivity index (χ2v) is 7.37. The van der Waals surface area contributed by atoms with Crippen LogP contribution in [0, 0.1) is 0 Å². The quantitative estimate of drug-likeness (QED) is 0.128. The molecule has 25 heavy (non-hydrogen) atoms. The van der Waals surface area contributed by atoms with E-state index in [1.165, 1.54) is 57.8 Å². The van der Waals surface area contributed by atoms with Crippen molar-refractivity contribution in [3.63, 3.8) is 0 Å². The molecule has 0 N–H and O–H groups in total. The molecule has 0 fully saturated rings. The number of unbranched alkanes of at least 4 members (excludes halogenated alkanes) is 12. The maximum atomic E-state index is 10.2. The van der Waals surface area contributed by atoms with Crippen LogP contribution < -0.4 is 113 Å². The first-order valence-electron chi connectivity index (χ1n) is 9.38. The molecule has 0 rings (SSSR count). The van der Waals surface area contributed by atoms with Gasteiger partial charge >= 0.3 is 103 Å². The fourth-order valence-corrected chi connectivity index (χ4v) is 2.88. The third kappa shape index (κ3) is 32.0. The Morgan fingerprint density at radius 1 is 0.720 bits per heavy atom. The molecule has 0 aromatic rings. The predicted molar refractivity (Wildman–Crippen MR) is 93.0 cm³/mol. The van der Waals surface area contributed by atoms with E-state index < -0.39 is 7.82 Å². The average molecular weight is 425 g/mol. The Hall–Kier alpha value is 3.12. The zero-order valence-electron chi connectivity index (χ0n) is 16.8. The standard InChI is InChI=1S/C18H37O4P.2K/c1-2-3-4-5-6-7-8-9-10-11-12-13-14-15-16-17-18-22-23(19,20)21;;/h9-10H,2-8,11-18H2,1H3,(H2,19,20,21);;/q;2*+1/p-2. The molecule has 0 atom stereocenters. The number of rotatable bonds is 17. The van der Waals surface area contributed by atoms with E-state index in [-0.39, 0.29) is 109 Å². The maximum Gasteiger partial charge on any atom is 1.00 e. The first-order chi connectivity index (χ1) is 11.1. The van der Waals surface area contributed by atoms with Gasteiger partial charge in [0.05, 0.1) is 14.4 Å². The Labute approximate surface area is 240 Å². The summed E-state index contributed by atoms with van der Waals surface area (Å²) in [5.41, 5.74) is 0. The van der Waals surface area contributed by atoms with Gasteiger partial charge in [0.2, 0.25) is 0 Å². The largest absolute Gasteiger partial charge is 1.00 e. The molecule has 0 saturated carbocycles.